The standard InChI is InChI=1S/C12H14FNO3/c1-6-2-3-9(15)10(11(6)13)8-4-7(5-14-8)12(16)17/h2-3,7-8,14-15H,4-5H2,1H3,(H,16,17). The van der Waals surface area contributed by atoms with Crippen molar-refractivity contribution in [2.75, 3.05) is 6.54 Å². The van der Waals surface area contributed by atoms with Crippen molar-refractivity contribution in [1.29, 1.82) is 0 Å². The number of hydrogen-bond acceptors (Lipinski definition) is 3. The number of benzene rings is 1. The summed E-state index contributed by atoms with van der Waals surface area (Å²) in [6.45, 7) is 1.91. The number of aryl methyl sites for hydroxylation is 1. The van der Waals surface area contributed by atoms with Gasteiger partial charge in [0.2, 0.25) is 0 Å². The fourth-order valence-corrected chi connectivity index (χ4v) is 2.17. The molecule has 1 aliphatic rings. The first-order chi connectivity index (χ1) is 8.00. The number of rotatable bonds is 2. The summed E-state index contributed by atoms with van der Waals surface area (Å²) in [4.78, 5) is 10.8. The average Bonchev–Trinajstić information content (AvgIpc) is 2.73. The monoisotopic (exact) mass is 239 g/mol. The molecule has 92 valence electrons. The second-order valence-electron chi connectivity index (χ2n) is 4.36. The largest absolute Gasteiger partial charge is 0.508 e. The van der Waals surface area contributed by atoms with Gasteiger partial charge < -0.3 is 15.5 Å². The van der Waals surface area contributed by atoms with Crippen LogP contribution in [0.1, 0.15) is 23.6 Å². The molecule has 0 radical (unpaired) electrons. The highest BCUT2D eigenvalue weighted by Gasteiger charge is 2.33. The van der Waals surface area contributed by atoms with E-state index in [1.807, 2.05) is 0 Å². The summed E-state index contributed by atoms with van der Waals surface area (Å²) in [6, 6.07) is 2.50. The van der Waals surface area contributed by atoms with Gasteiger partial charge in [-0.25, -0.2) is 4.39 Å². The van der Waals surface area contributed by atoms with Crippen molar-refractivity contribution in [1.82, 2.24) is 5.32 Å². The maximum Gasteiger partial charge on any atom is 0.307 e. The van der Waals surface area contributed by atoms with Gasteiger partial charge in [-0.15, -0.1) is 0 Å². The average molecular weight is 239 g/mol. The molecule has 2 unspecified atom stereocenters. The van der Waals surface area contributed by atoms with Gasteiger partial charge in [-0.1, -0.05) is 6.07 Å². The van der Waals surface area contributed by atoms with Gasteiger partial charge in [-0.05, 0) is 25.0 Å². The van der Waals surface area contributed by atoms with Crippen LogP contribution in [-0.4, -0.2) is 22.7 Å². The van der Waals surface area contributed by atoms with Crippen LogP contribution in [0.4, 0.5) is 4.39 Å². The summed E-state index contributed by atoms with van der Waals surface area (Å²) in [7, 11) is 0. The van der Waals surface area contributed by atoms with Gasteiger partial charge >= 0.3 is 5.97 Å². The van der Waals surface area contributed by atoms with Gasteiger partial charge in [0.15, 0.2) is 0 Å². The summed E-state index contributed by atoms with van der Waals surface area (Å²) < 4.78 is 13.9. The molecule has 5 heteroatoms. The molecule has 17 heavy (non-hydrogen) atoms. The molecule has 4 nitrogen and oxygen atoms in total. The lowest BCUT2D eigenvalue weighted by molar-refractivity contribution is -0.141. The van der Waals surface area contributed by atoms with E-state index in [0.29, 0.717) is 18.5 Å². The molecule has 1 fully saturated rings. The van der Waals surface area contributed by atoms with E-state index in [0.717, 1.165) is 0 Å². The van der Waals surface area contributed by atoms with Crippen LogP contribution in [0.25, 0.3) is 0 Å². The van der Waals surface area contributed by atoms with Gasteiger partial charge in [0, 0.05) is 18.2 Å². The first-order valence-corrected chi connectivity index (χ1v) is 5.45. The number of carbonyl (C=O) groups is 1. The molecule has 0 bridgehead atoms. The van der Waals surface area contributed by atoms with Crippen LogP contribution < -0.4 is 5.32 Å². The van der Waals surface area contributed by atoms with E-state index >= 15 is 0 Å². The Morgan fingerprint density at radius 1 is 1.53 bits per heavy atom. The molecule has 0 saturated carbocycles. The van der Waals surface area contributed by atoms with Crippen LogP contribution in [-0.2, 0) is 4.79 Å². The van der Waals surface area contributed by atoms with Crippen LogP contribution >= 0.6 is 0 Å². The second kappa shape index (κ2) is 4.33. The fourth-order valence-electron chi connectivity index (χ4n) is 2.17. The Morgan fingerprint density at radius 2 is 2.24 bits per heavy atom. The molecular weight excluding hydrogens is 225 g/mol. The van der Waals surface area contributed by atoms with Crippen LogP contribution in [0.5, 0.6) is 5.75 Å². The molecule has 0 aliphatic carbocycles. The molecule has 0 amide bonds. The topological polar surface area (TPSA) is 69.6 Å². The predicted octanol–water partition coefficient (Wildman–Crippen LogP) is 1.57. The molecule has 1 aliphatic heterocycles. The lowest BCUT2D eigenvalue weighted by Crippen LogP contribution is -2.17. The highest BCUT2D eigenvalue weighted by atomic mass is 19.1. The van der Waals surface area contributed by atoms with Gasteiger partial charge in [0.25, 0.3) is 0 Å². The Kier molecular flexibility index (Phi) is 3.02. The van der Waals surface area contributed by atoms with Crippen molar-refractivity contribution in [2.45, 2.75) is 19.4 Å². The van der Waals surface area contributed by atoms with E-state index in [4.69, 9.17) is 5.11 Å². The highest BCUT2D eigenvalue weighted by Crippen LogP contribution is 2.35. The van der Waals surface area contributed by atoms with Crippen LogP contribution in [0.2, 0.25) is 0 Å². The summed E-state index contributed by atoms with van der Waals surface area (Å²) in [6.07, 6.45) is 0.295. The summed E-state index contributed by atoms with van der Waals surface area (Å²) in [5.74, 6) is -2.02. The van der Waals surface area contributed by atoms with Gasteiger partial charge in [0.05, 0.1) is 5.92 Å². The Labute approximate surface area is 98.1 Å². The van der Waals surface area contributed by atoms with Crippen LogP contribution in [0.3, 0.4) is 0 Å². The molecule has 1 aromatic carbocycles. The van der Waals surface area contributed by atoms with E-state index in [2.05, 4.69) is 5.32 Å². The number of aliphatic carboxylic acids is 1. The van der Waals surface area contributed by atoms with E-state index < -0.39 is 23.7 Å². The molecule has 2 atom stereocenters. The summed E-state index contributed by atoms with van der Waals surface area (Å²) >= 11 is 0. The normalized spacial score (nSPS) is 23.9. The van der Waals surface area contributed by atoms with Crippen LogP contribution in [0, 0.1) is 18.7 Å². The lowest BCUT2D eigenvalue weighted by atomic mass is 9.97. The van der Waals surface area contributed by atoms with Gasteiger partial charge in [-0.2, -0.15) is 0 Å². The van der Waals surface area contributed by atoms with Gasteiger partial charge in [-0.3, -0.25) is 4.79 Å². The van der Waals surface area contributed by atoms with Crippen molar-refractivity contribution in [3.05, 3.63) is 29.1 Å². The third-order valence-corrected chi connectivity index (χ3v) is 3.18. The number of carboxylic acids is 1. The maximum absolute atomic E-state index is 13.9. The number of hydrogen-bond donors (Lipinski definition) is 3. The number of carboxylic acid groups (broad SMARTS) is 1. The van der Waals surface area contributed by atoms with E-state index in [1.165, 1.54) is 12.1 Å². The number of halogens is 1. The highest BCUT2D eigenvalue weighted by molar-refractivity contribution is 5.71. The zero-order valence-corrected chi connectivity index (χ0v) is 9.40. The zero-order valence-electron chi connectivity index (χ0n) is 9.40. The molecule has 0 spiro atoms. The molecule has 0 aromatic heterocycles. The Balaban J connectivity index is 2.30. The Morgan fingerprint density at radius 3 is 2.82 bits per heavy atom. The summed E-state index contributed by atoms with van der Waals surface area (Å²) in [5.41, 5.74) is 0.618. The summed E-state index contributed by atoms with van der Waals surface area (Å²) in [5, 5.41) is 21.5. The molecular formula is C12H14FNO3. The van der Waals surface area contributed by atoms with Crippen molar-refractivity contribution in [2.24, 2.45) is 5.92 Å². The number of phenols is 1. The number of phenolic OH excluding ortho intramolecular Hbond substituents is 1. The fraction of sp³-hybridized carbons (Fsp3) is 0.417. The van der Waals surface area contributed by atoms with Crippen molar-refractivity contribution >= 4 is 5.97 Å². The molecule has 1 aromatic rings. The predicted molar refractivity (Wildman–Crippen MR) is 59.3 cm³/mol. The zero-order chi connectivity index (χ0) is 12.6. The van der Waals surface area contributed by atoms with Crippen molar-refractivity contribution in [3.63, 3.8) is 0 Å². The smallest absolute Gasteiger partial charge is 0.307 e. The second-order valence-corrected chi connectivity index (χ2v) is 4.36. The molecule has 1 heterocycles. The van der Waals surface area contributed by atoms with E-state index in [1.54, 1.807) is 6.92 Å². The van der Waals surface area contributed by atoms with Crippen LogP contribution in [0.15, 0.2) is 12.1 Å². The number of nitrogens with one attached hydrogen (secondary N) is 1. The molecule has 3 N–H and O–H groups in total. The maximum atomic E-state index is 13.9. The SMILES string of the molecule is Cc1ccc(O)c(C2CC(C(=O)O)CN2)c1F. The quantitative estimate of drug-likeness (QED) is 0.732. The van der Waals surface area contributed by atoms with E-state index in [9.17, 15) is 14.3 Å². The Hall–Kier alpha value is -1.62. The van der Waals surface area contributed by atoms with Gasteiger partial charge in [0.1, 0.15) is 11.6 Å². The van der Waals surface area contributed by atoms with E-state index in [-0.39, 0.29) is 11.3 Å². The van der Waals surface area contributed by atoms with Crippen molar-refractivity contribution < 1.29 is 19.4 Å². The molecule has 2 rings (SSSR count). The Bertz CT molecular complexity index is 461. The lowest BCUT2D eigenvalue weighted by Gasteiger charge is -2.14. The number of aromatic hydroxyl groups is 1. The minimum atomic E-state index is -0.896. The first-order valence-electron chi connectivity index (χ1n) is 5.45. The first kappa shape index (κ1) is 11.9. The van der Waals surface area contributed by atoms with Crippen molar-refractivity contribution in [3.8, 4) is 5.75 Å². The minimum absolute atomic E-state index is 0.128. The third kappa shape index (κ3) is 2.10. The minimum Gasteiger partial charge on any atom is -0.508 e. The molecule has 1 saturated heterocycles. The third-order valence-electron chi connectivity index (χ3n) is 3.18.